The maximum Gasteiger partial charge on any atom is 0.253 e. The second kappa shape index (κ2) is 10.3. The molecule has 3 aromatic heterocycles. The molecular formula is C29H38N8O4. The normalized spacial score (nSPS) is 18.0. The van der Waals surface area contributed by atoms with Crippen molar-refractivity contribution in [2.24, 2.45) is 7.05 Å². The molecule has 0 unspecified atom stereocenters. The molecule has 0 atom stereocenters. The van der Waals surface area contributed by atoms with Crippen molar-refractivity contribution in [2.75, 3.05) is 51.4 Å². The molecule has 12 nitrogen and oxygen atoms in total. The molecule has 0 aliphatic carbocycles. The summed E-state index contributed by atoms with van der Waals surface area (Å²) in [5, 5.41) is 10.3. The van der Waals surface area contributed by atoms with Crippen LogP contribution in [0.15, 0.2) is 24.3 Å². The number of carbonyl (C=O) groups excluding carboxylic acids is 1. The van der Waals surface area contributed by atoms with Crippen molar-refractivity contribution in [2.45, 2.75) is 51.2 Å². The molecular weight excluding hydrogens is 524 g/mol. The lowest BCUT2D eigenvalue weighted by Crippen LogP contribution is -2.52. The molecule has 2 aliphatic heterocycles. The van der Waals surface area contributed by atoms with Crippen LogP contribution in [0, 0.1) is 0 Å². The Bertz CT molecular complexity index is 1590. The summed E-state index contributed by atoms with van der Waals surface area (Å²) in [4.78, 5) is 36.9. The molecule has 1 amide bonds. The van der Waals surface area contributed by atoms with E-state index in [0.717, 1.165) is 34.9 Å². The number of anilines is 1. The van der Waals surface area contributed by atoms with Crippen LogP contribution in [0.5, 0.6) is 0 Å². The molecule has 0 spiro atoms. The van der Waals surface area contributed by atoms with E-state index >= 15 is 0 Å². The number of aryl methyl sites for hydroxylation is 2. The number of benzene rings is 1. The Hall–Kier alpha value is -3.61. The van der Waals surface area contributed by atoms with Crippen molar-refractivity contribution >= 4 is 33.9 Å². The van der Waals surface area contributed by atoms with Crippen molar-refractivity contribution in [3.05, 3.63) is 35.9 Å². The second-order valence-electron chi connectivity index (χ2n) is 11.4. The number of methoxy groups -OCH3 is 1. The minimum atomic E-state index is -1.42. The Balaban J connectivity index is 1.49. The van der Waals surface area contributed by atoms with Gasteiger partial charge < -0.3 is 28.9 Å². The molecule has 1 aromatic carbocycles. The first-order valence-electron chi connectivity index (χ1n) is 14.3. The summed E-state index contributed by atoms with van der Waals surface area (Å²) in [5.41, 5.74) is 1.14. The van der Waals surface area contributed by atoms with Gasteiger partial charge in [-0.3, -0.25) is 9.36 Å². The number of imidazole rings is 2. The van der Waals surface area contributed by atoms with Crippen LogP contribution >= 0.6 is 0 Å². The number of nitrogens with zero attached hydrogens (tertiary/aromatic N) is 8. The number of piperidine rings is 1. The van der Waals surface area contributed by atoms with E-state index in [1.807, 2.05) is 40.4 Å². The number of hydrogen-bond donors (Lipinski definition) is 1. The zero-order chi connectivity index (χ0) is 28.9. The van der Waals surface area contributed by atoms with E-state index in [2.05, 4.69) is 11.8 Å². The molecule has 2 saturated heterocycles. The fourth-order valence-electron chi connectivity index (χ4n) is 6.05. The first-order valence-corrected chi connectivity index (χ1v) is 14.3. The Morgan fingerprint density at radius 3 is 2.44 bits per heavy atom. The van der Waals surface area contributed by atoms with Gasteiger partial charge in [-0.1, -0.05) is 19.1 Å². The zero-order valence-electron chi connectivity index (χ0n) is 24.4. The number of hydrogen-bond acceptors (Lipinski definition) is 9. The average molecular weight is 563 g/mol. The highest BCUT2D eigenvalue weighted by Crippen LogP contribution is 2.39. The van der Waals surface area contributed by atoms with Crippen LogP contribution in [0.1, 0.15) is 45.3 Å². The number of amides is 1. The topological polar surface area (TPSA) is 124 Å². The summed E-state index contributed by atoms with van der Waals surface area (Å²) in [6, 6.07) is 8.04. The molecule has 4 aromatic rings. The third kappa shape index (κ3) is 4.63. The van der Waals surface area contributed by atoms with Crippen LogP contribution in [-0.2, 0) is 33.3 Å². The van der Waals surface area contributed by atoms with Crippen LogP contribution in [0.25, 0.3) is 28.1 Å². The Labute approximate surface area is 238 Å². The summed E-state index contributed by atoms with van der Waals surface area (Å²) in [5.74, 6) is 2.67. The fraction of sp³-hybridized carbons (Fsp3) is 0.552. The first kappa shape index (κ1) is 27.6. The van der Waals surface area contributed by atoms with E-state index in [1.165, 1.54) is 13.8 Å². The Morgan fingerprint density at radius 1 is 1.07 bits per heavy atom. The van der Waals surface area contributed by atoms with Crippen LogP contribution in [-0.4, -0.2) is 97.1 Å². The molecule has 6 rings (SSSR count). The summed E-state index contributed by atoms with van der Waals surface area (Å²) in [7, 11) is 3.66. The molecule has 41 heavy (non-hydrogen) atoms. The maximum atomic E-state index is 12.8. The van der Waals surface area contributed by atoms with E-state index in [1.54, 1.807) is 12.0 Å². The number of likely N-dealkylation sites (tertiary alicyclic amines) is 1. The van der Waals surface area contributed by atoms with Gasteiger partial charge in [0.15, 0.2) is 17.0 Å². The Kier molecular flexibility index (Phi) is 6.95. The summed E-state index contributed by atoms with van der Waals surface area (Å²) < 4.78 is 15.9. The van der Waals surface area contributed by atoms with Gasteiger partial charge in [0, 0.05) is 59.6 Å². The molecule has 1 N–H and O–H groups in total. The lowest BCUT2D eigenvalue weighted by molar-refractivity contribution is -0.154. The van der Waals surface area contributed by atoms with Gasteiger partial charge in [-0.2, -0.15) is 9.97 Å². The first-order chi connectivity index (χ1) is 19.7. The Morgan fingerprint density at radius 2 is 1.78 bits per heavy atom. The highest BCUT2D eigenvalue weighted by Gasteiger charge is 2.43. The number of carbonyl (C=O) groups is 1. The number of rotatable bonds is 6. The minimum absolute atomic E-state index is 0.281. The van der Waals surface area contributed by atoms with Gasteiger partial charge in [0.25, 0.3) is 5.91 Å². The van der Waals surface area contributed by atoms with Crippen molar-refractivity contribution in [3.8, 4) is 5.95 Å². The van der Waals surface area contributed by atoms with E-state index in [0.29, 0.717) is 69.3 Å². The molecule has 2 fully saturated rings. The second-order valence-corrected chi connectivity index (χ2v) is 11.4. The molecule has 218 valence electrons. The molecule has 0 saturated carbocycles. The monoisotopic (exact) mass is 562 g/mol. The van der Waals surface area contributed by atoms with Crippen LogP contribution in [0.3, 0.4) is 0 Å². The number of para-hydroxylation sites is 2. The summed E-state index contributed by atoms with van der Waals surface area (Å²) in [6.45, 7) is 8.66. The van der Waals surface area contributed by atoms with Crippen LogP contribution < -0.4 is 4.90 Å². The predicted octanol–water partition coefficient (Wildman–Crippen LogP) is 2.34. The quantitative estimate of drug-likeness (QED) is 0.377. The molecule has 0 radical (unpaired) electrons. The number of morpholine rings is 1. The van der Waals surface area contributed by atoms with Gasteiger partial charge in [-0.15, -0.1) is 0 Å². The fourth-order valence-corrected chi connectivity index (χ4v) is 6.05. The standard InChI is InChI=1S/C29H38N8O4/c1-6-21-30-19-9-7-8-10-20(19)37(21)27-32-23-22(24(33-27)35-15-17-41-18-16-35)31-25(34(23)4)29(40-5)11-13-36(14-12-29)26(38)28(2,3)39/h7-10,39H,6,11-18H2,1-5H3. The van der Waals surface area contributed by atoms with Crippen LogP contribution in [0.4, 0.5) is 5.82 Å². The van der Waals surface area contributed by atoms with Gasteiger partial charge in [0.2, 0.25) is 5.95 Å². The zero-order valence-corrected chi connectivity index (χ0v) is 24.4. The van der Waals surface area contributed by atoms with Crippen molar-refractivity contribution < 1.29 is 19.4 Å². The number of ether oxygens (including phenoxy) is 2. The average Bonchev–Trinajstić information content (AvgIpc) is 3.54. The largest absolute Gasteiger partial charge is 0.381 e. The van der Waals surface area contributed by atoms with Gasteiger partial charge in [0.1, 0.15) is 22.9 Å². The van der Waals surface area contributed by atoms with Gasteiger partial charge in [0.05, 0.1) is 24.2 Å². The summed E-state index contributed by atoms with van der Waals surface area (Å²) >= 11 is 0. The molecule has 12 heteroatoms. The van der Waals surface area contributed by atoms with Crippen molar-refractivity contribution in [3.63, 3.8) is 0 Å². The van der Waals surface area contributed by atoms with E-state index < -0.39 is 11.2 Å². The van der Waals surface area contributed by atoms with Crippen molar-refractivity contribution in [1.82, 2.24) is 34.0 Å². The lowest BCUT2D eigenvalue weighted by atomic mass is 9.89. The summed E-state index contributed by atoms with van der Waals surface area (Å²) in [6.07, 6.45) is 1.82. The maximum absolute atomic E-state index is 12.8. The highest BCUT2D eigenvalue weighted by atomic mass is 16.5. The molecule has 0 bridgehead atoms. The number of aliphatic hydroxyl groups is 1. The van der Waals surface area contributed by atoms with Gasteiger partial charge >= 0.3 is 0 Å². The third-order valence-electron chi connectivity index (χ3n) is 8.33. The lowest BCUT2D eigenvalue weighted by Gasteiger charge is -2.41. The van der Waals surface area contributed by atoms with Crippen molar-refractivity contribution in [1.29, 1.82) is 0 Å². The van der Waals surface area contributed by atoms with Crippen LogP contribution in [0.2, 0.25) is 0 Å². The molecule has 5 heterocycles. The third-order valence-corrected chi connectivity index (χ3v) is 8.33. The molecule has 2 aliphatic rings. The predicted molar refractivity (Wildman–Crippen MR) is 154 cm³/mol. The minimum Gasteiger partial charge on any atom is -0.381 e. The van der Waals surface area contributed by atoms with E-state index in [4.69, 9.17) is 29.4 Å². The van der Waals surface area contributed by atoms with E-state index in [-0.39, 0.29) is 5.91 Å². The van der Waals surface area contributed by atoms with Gasteiger partial charge in [-0.25, -0.2) is 9.97 Å². The highest BCUT2D eigenvalue weighted by molar-refractivity contribution is 5.86. The SMILES string of the molecule is CCc1nc2ccccc2n1-c1nc(N2CCOCC2)c2nc(C3(OC)CCN(C(=O)C(C)(C)O)CC3)n(C)c2n1. The smallest absolute Gasteiger partial charge is 0.253 e. The van der Waals surface area contributed by atoms with Gasteiger partial charge in [-0.05, 0) is 26.0 Å². The number of fused-ring (bicyclic) bond motifs is 2. The van der Waals surface area contributed by atoms with E-state index in [9.17, 15) is 9.90 Å². The number of aromatic nitrogens is 6.